The molecule has 0 fully saturated rings. The van der Waals surface area contributed by atoms with Gasteiger partial charge in [0, 0.05) is 0 Å². The molecule has 0 aliphatic heterocycles. The van der Waals surface area contributed by atoms with Gasteiger partial charge in [-0.3, -0.25) is 0 Å². The summed E-state index contributed by atoms with van der Waals surface area (Å²) in [6.45, 7) is 12.0. The third-order valence-electron chi connectivity index (χ3n) is 3.16. The molecule has 5 heteroatoms. The molecule has 0 saturated heterocycles. The number of nitrogens with one attached hydrogen (secondary N) is 2. The fourth-order valence-corrected chi connectivity index (χ4v) is 1.25. The van der Waals surface area contributed by atoms with E-state index in [2.05, 4.69) is 10.6 Å². The largest absolute Gasteiger partial charge is 0.345 e. The smallest absolute Gasteiger partial charge is 0.169 e. The fourth-order valence-electron chi connectivity index (χ4n) is 0.809. The van der Waals surface area contributed by atoms with E-state index in [1.165, 1.54) is 0 Å². The Morgan fingerprint density at radius 3 is 1.38 bits per heavy atom. The Labute approximate surface area is 105 Å². The van der Waals surface area contributed by atoms with Crippen LogP contribution in [0, 0.1) is 11.8 Å². The van der Waals surface area contributed by atoms with Crippen LogP contribution in [0.3, 0.4) is 0 Å². The van der Waals surface area contributed by atoms with Crippen molar-refractivity contribution in [3.63, 3.8) is 0 Å². The van der Waals surface area contributed by atoms with Gasteiger partial charge in [0.05, 0.1) is 11.3 Å². The average Bonchev–Trinajstić information content (AvgIpc) is 2.00. The van der Waals surface area contributed by atoms with Crippen molar-refractivity contribution >= 4 is 17.3 Å². The normalized spacial score (nSPS) is 19.1. The van der Waals surface area contributed by atoms with Crippen LogP contribution in [0.1, 0.15) is 41.5 Å². The third kappa shape index (κ3) is 4.63. The molecule has 0 spiro atoms. The van der Waals surface area contributed by atoms with Crippen LogP contribution in [0.2, 0.25) is 0 Å². The summed E-state index contributed by atoms with van der Waals surface area (Å²) in [6.07, 6.45) is 0. The van der Waals surface area contributed by atoms with Gasteiger partial charge in [0.1, 0.15) is 0 Å². The lowest BCUT2D eigenvalue weighted by atomic mass is 9.98. The zero-order valence-electron chi connectivity index (χ0n) is 11.2. The predicted octanol–water partition coefficient (Wildman–Crippen LogP) is 1.11. The van der Waals surface area contributed by atoms with E-state index < -0.39 is 11.3 Å². The molecule has 2 atom stereocenters. The molecule has 0 aliphatic carbocycles. The Hall–Kier alpha value is -0.390. The first-order valence-corrected chi connectivity index (χ1v) is 6.08. The van der Waals surface area contributed by atoms with Crippen LogP contribution in [-0.4, -0.2) is 16.4 Å². The van der Waals surface area contributed by atoms with Crippen molar-refractivity contribution in [3.05, 3.63) is 0 Å². The summed E-state index contributed by atoms with van der Waals surface area (Å²) >= 11 is 5.21. The molecule has 4 nitrogen and oxygen atoms in total. The van der Waals surface area contributed by atoms with E-state index in [9.17, 15) is 0 Å². The molecule has 0 rings (SSSR count). The molecule has 96 valence electrons. The Bertz CT molecular complexity index is 222. The summed E-state index contributed by atoms with van der Waals surface area (Å²) < 4.78 is 0. The summed E-state index contributed by atoms with van der Waals surface area (Å²) in [5.74, 6) is 0.547. The van der Waals surface area contributed by atoms with E-state index >= 15 is 0 Å². The molecule has 16 heavy (non-hydrogen) atoms. The van der Waals surface area contributed by atoms with Gasteiger partial charge in [-0.1, -0.05) is 27.7 Å². The fraction of sp³-hybridized carbons (Fsp3) is 0.909. The van der Waals surface area contributed by atoms with Crippen molar-refractivity contribution in [2.75, 3.05) is 0 Å². The monoisotopic (exact) mass is 246 g/mol. The zero-order valence-corrected chi connectivity index (χ0v) is 12.0. The van der Waals surface area contributed by atoms with Gasteiger partial charge in [0.15, 0.2) is 5.11 Å². The van der Waals surface area contributed by atoms with Crippen molar-refractivity contribution in [3.8, 4) is 0 Å². The van der Waals surface area contributed by atoms with Gasteiger partial charge in [-0.2, -0.15) is 0 Å². The highest BCUT2D eigenvalue weighted by molar-refractivity contribution is 7.80. The van der Waals surface area contributed by atoms with Gasteiger partial charge in [-0.05, 0) is 37.9 Å². The molecule has 0 aromatic rings. The maximum Gasteiger partial charge on any atom is 0.169 e. The summed E-state index contributed by atoms with van der Waals surface area (Å²) in [6, 6.07) is 0. The minimum absolute atomic E-state index is 0.273. The van der Waals surface area contributed by atoms with E-state index in [0.29, 0.717) is 5.11 Å². The molecule has 6 N–H and O–H groups in total. The maximum absolute atomic E-state index is 6.08. The molecule has 0 saturated carbocycles. The summed E-state index contributed by atoms with van der Waals surface area (Å²) in [4.78, 5) is 0. The van der Waals surface area contributed by atoms with Crippen LogP contribution < -0.4 is 22.1 Å². The molecule has 0 bridgehead atoms. The van der Waals surface area contributed by atoms with Crippen molar-refractivity contribution in [2.45, 2.75) is 52.9 Å². The van der Waals surface area contributed by atoms with E-state index in [1.807, 2.05) is 41.5 Å². The van der Waals surface area contributed by atoms with Crippen LogP contribution in [0.5, 0.6) is 0 Å². The third-order valence-corrected chi connectivity index (χ3v) is 3.37. The first-order chi connectivity index (χ1) is 6.99. The highest BCUT2D eigenvalue weighted by atomic mass is 32.1. The molecule has 0 aromatic carbocycles. The predicted molar refractivity (Wildman–Crippen MR) is 73.7 cm³/mol. The number of hydrogen-bond acceptors (Lipinski definition) is 3. The van der Waals surface area contributed by atoms with Crippen LogP contribution in [0.4, 0.5) is 0 Å². The van der Waals surface area contributed by atoms with Crippen LogP contribution in [-0.2, 0) is 0 Å². The topological polar surface area (TPSA) is 76.1 Å². The maximum atomic E-state index is 6.08. The molecule has 0 aliphatic rings. The number of rotatable bonds is 4. The molecule has 2 unspecified atom stereocenters. The molecular formula is C11H26N4S. The van der Waals surface area contributed by atoms with Crippen molar-refractivity contribution < 1.29 is 0 Å². The summed E-state index contributed by atoms with van der Waals surface area (Å²) in [7, 11) is 0. The van der Waals surface area contributed by atoms with Gasteiger partial charge < -0.3 is 22.1 Å². The lowest BCUT2D eigenvalue weighted by molar-refractivity contribution is 0.287. The minimum atomic E-state index is -0.531. The molecule has 0 radical (unpaired) electrons. The Morgan fingerprint density at radius 2 is 1.19 bits per heavy atom. The quantitative estimate of drug-likeness (QED) is 0.442. The SMILES string of the molecule is CC(C)C(C)(N)NC(=S)NC(C)(N)C(C)C. The molecule has 0 heterocycles. The number of nitrogens with two attached hydrogens (primary N) is 2. The van der Waals surface area contributed by atoms with Crippen LogP contribution in [0.25, 0.3) is 0 Å². The summed E-state index contributed by atoms with van der Waals surface area (Å²) in [5.41, 5.74) is 11.1. The van der Waals surface area contributed by atoms with Gasteiger partial charge in [0.2, 0.25) is 0 Å². The number of thiocarbonyl (C=S) groups is 1. The second-order valence-electron chi connectivity index (χ2n) is 5.45. The van der Waals surface area contributed by atoms with Crippen molar-refractivity contribution in [2.24, 2.45) is 23.3 Å². The van der Waals surface area contributed by atoms with E-state index in [4.69, 9.17) is 23.7 Å². The standard InChI is InChI=1S/C11H26N4S/c1-7(2)10(5,12)14-9(16)15-11(6,13)8(3)4/h7-8H,12-13H2,1-6H3,(H2,14,15,16). The van der Waals surface area contributed by atoms with E-state index in [1.54, 1.807) is 0 Å². The highest BCUT2D eigenvalue weighted by Crippen LogP contribution is 2.11. The van der Waals surface area contributed by atoms with Crippen LogP contribution >= 0.6 is 12.2 Å². The second-order valence-corrected chi connectivity index (χ2v) is 5.86. The van der Waals surface area contributed by atoms with E-state index in [0.717, 1.165) is 0 Å². The minimum Gasteiger partial charge on any atom is -0.345 e. The highest BCUT2D eigenvalue weighted by Gasteiger charge is 2.28. The number of hydrogen-bond donors (Lipinski definition) is 4. The summed E-state index contributed by atoms with van der Waals surface area (Å²) in [5, 5.41) is 6.67. The van der Waals surface area contributed by atoms with Gasteiger partial charge >= 0.3 is 0 Å². The van der Waals surface area contributed by atoms with Crippen molar-refractivity contribution in [1.29, 1.82) is 0 Å². The second kappa shape index (κ2) is 5.29. The Balaban J connectivity index is 4.41. The molecule has 0 amide bonds. The van der Waals surface area contributed by atoms with Crippen molar-refractivity contribution in [1.82, 2.24) is 10.6 Å². The van der Waals surface area contributed by atoms with Gasteiger partial charge in [-0.25, -0.2) is 0 Å². The van der Waals surface area contributed by atoms with Gasteiger partial charge in [-0.15, -0.1) is 0 Å². The molecular weight excluding hydrogens is 220 g/mol. The van der Waals surface area contributed by atoms with Gasteiger partial charge in [0.25, 0.3) is 0 Å². The van der Waals surface area contributed by atoms with E-state index in [-0.39, 0.29) is 11.8 Å². The average molecular weight is 246 g/mol. The van der Waals surface area contributed by atoms with Crippen LogP contribution in [0.15, 0.2) is 0 Å². The zero-order chi connectivity index (χ0) is 13.1. The first kappa shape index (κ1) is 15.6. The Kier molecular flexibility index (Phi) is 5.16. The Morgan fingerprint density at radius 1 is 0.938 bits per heavy atom. The lowest BCUT2D eigenvalue weighted by Gasteiger charge is -2.36. The lowest BCUT2D eigenvalue weighted by Crippen LogP contribution is -2.65. The first-order valence-electron chi connectivity index (χ1n) is 5.67. The molecule has 0 aromatic heterocycles.